The standard InChI is InChI=1S/C17H15FN2O/c1-10-4-3-5-12(8-10)15-16(21-20-17(15)19)13-7-6-11(2)14(18)9-13/h3-9H,1-2H3,(H2,19,20). The zero-order valence-electron chi connectivity index (χ0n) is 11.9. The van der Waals surface area contributed by atoms with Gasteiger partial charge in [0.05, 0.1) is 5.56 Å². The molecule has 2 N–H and O–H groups in total. The van der Waals surface area contributed by atoms with E-state index in [2.05, 4.69) is 5.16 Å². The topological polar surface area (TPSA) is 52.0 Å². The lowest BCUT2D eigenvalue weighted by Gasteiger charge is -2.05. The van der Waals surface area contributed by atoms with Crippen molar-refractivity contribution in [3.63, 3.8) is 0 Å². The Balaban J connectivity index is 2.19. The molecule has 0 radical (unpaired) electrons. The maximum absolute atomic E-state index is 13.8. The van der Waals surface area contributed by atoms with Gasteiger partial charge in [-0.3, -0.25) is 0 Å². The quantitative estimate of drug-likeness (QED) is 0.760. The minimum Gasteiger partial charge on any atom is -0.380 e. The largest absolute Gasteiger partial charge is 0.380 e. The molecular weight excluding hydrogens is 267 g/mol. The molecule has 106 valence electrons. The number of nitrogen functional groups attached to an aromatic ring is 1. The molecule has 1 heterocycles. The summed E-state index contributed by atoms with van der Waals surface area (Å²) in [6.45, 7) is 3.72. The fourth-order valence-electron chi connectivity index (χ4n) is 2.31. The molecule has 0 amide bonds. The molecule has 21 heavy (non-hydrogen) atoms. The average molecular weight is 282 g/mol. The molecule has 0 aliphatic rings. The van der Waals surface area contributed by atoms with E-state index in [1.165, 1.54) is 6.07 Å². The number of anilines is 1. The number of aryl methyl sites for hydroxylation is 2. The number of halogens is 1. The number of rotatable bonds is 2. The first-order valence-corrected chi connectivity index (χ1v) is 6.65. The van der Waals surface area contributed by atoms with Crippen LogP contribution in [0, 0.1) is 19.7 Å². The van der Waals surface area contributed by atoms with Gasteiger partial charge in [-0.1, -0.05) is 47.1 Å². The Morgan fingerprint density at radius 3 is 2.57 bits per heavy atom. The molecule has 2 aromatic carbocycles. The van der Waals surface area contributed by atoms with Crippen molar-refractivity contribution in [2.75, 3.05) is 5.73 Å². The zero-order valence-corrected chi connectivity index (χ0v) is 11.9. The number of hydrogen-bond donors (Lipinski definition) is 1. The van der Waals surface area contributed by atoms with Crippen LogP contribution in [0.25, 0.3) is 22.5 Å². The fourth-order valence-corrected chi connectivity index (χ4v) is 2.31. The van der Waals surface area contributed by atoms with Crippen LogP contribution in [0.4, 0.5) is 10.2 Å². The lowest BCUT2D eigenvalue weighted by molar-refractivity contribution is 0.436. The molecule has 0 bridgehead atoms. The second-order valence-electron chi connectivity index (χ2n) is 5.11. The highest BCUT2D eigenvalue weighted by Crippen LogP contribution is 2.37. The summed E-state index contributed by atoms with van der Waals surface area (Å²) < 4.78 is 19.1. The van der Waals surface area contributed by atoms with Crippen LogP contribution >= 0.6 is 0 Å². The summed E-state index contributed by atoms with van der Waals surface area (Å²) >= 11 is 0. The van der Waals surface area contributed by atoms with E-state index < -0.39 is 0 Å². The predicted molar refractivity (Wildman–Crippen MR) is 81.2 cm³/mol. The van der Waals surface area contributed by atoms with Gasteiger partial charge in [0.1, 0.15) is 5.82 Å². The van der Waals surface area contributed by atoms with Gasteiger partial charge in [-0.2, -0.15) is 0 Å². The van der Waals surface area contributed by atoms with Crippen LogP contribution in [0.2, 0.25) is 0 Å². The van der Waals surface area contributed by atoms with Crippen molar-refractivity contribution in [3.8, 4) is 22.5 Å². The Labute approximate surface area is 122 Å². The Morgan fingerprint density at radius 2 is 1.86 bits per heavy atom. The molecule has 0 atom stereocenters. The molecule has 0 saturated carbocycles. The zero-order chi connectivity index (χ0) is 15.0. The summed E-state index contributed by atoms with van der Waals surface area (Å²) in [7, 11) is 0. The molecule has 3 rings (SSSR count). The van der Waals surface area contributed by atoms with Gasteiger partial charge >= 0.3 is 0 Å². The molecule has 1 aromatic heterocycles. The van der Waals surface area contributed by atoms with Gasteiger partial charge in [0.15, 0.2) is 11.6 Å². The molecule has 3 aromatic rings. The molecular formula is C17H15FN2O. The predicted octanol–water partition coefficient (Wildman–Crippen LogP) is 4.35. The lowest BCUT2D eigenvalue weighted by atomic mass is 9.99. The van der Waals surface area contributed by atoms with Crippen LogP contribution in [-0.4, -0.2) is 5.16 Å². The molecule has 0 spiro atoms. The SMILES string of the molecule is Cc1cccc(-c2c(N)noc2-c2ccc(C)c(F)c2)c1. The maximum atomic E-state index is 13.8. The Morgan fingerprint density at radius 1 is 1.05 bits per heavy atom. The Bertz CT molecular complexity index is 808. The highest BCUT2D eigenvalue weighted by molar-refractivity contribution is 5.86. The van der Waals surface area contributed by atoms with Crippen molar-refractivity contribution in [1.82, 2.24) is 5.16 Å². The summed E-state index contributed by atoms with van der Waals surface area (Å²) in [4.78, 5) is 0. The van der Waals surface area contributed by atoms with Crippen molar-refractivity contribution in [1.29, 1.82) is 0 Å². The van der Waals surface area contributed by atoms with Gasteiger partial charge in [0.25, 0.3) is 0 Å². The van der Waals surface area contributed by atoms with Gasteiger partial charge < -0.3 is 10.3 Å². The molecule has 0 saturated heterocycles. The van der Waals surface area contributed by atoms with E-state index in [4.69, 9.17) is 10.3 Å². The minimum absolute atomic E-state index is 0.280. The summed E-state index contributed by atoms with van der Waals surface area (Å²) in [5, 5.41) is 3.83. The molecule has 4 heteroatoms. The number of hydrogen-bond acceptors (Lipinski definition) is 3. The second-order valence-corrected chi connectivity index (χ2v) is 5.11. The summed E-state index contributed by atoms with van der Waals surface area (Å²) in [5.41, 5.74) is 9.85. The second kappa shape index (κ2) is 5.05. The Hall–Kier alpha value is -2.62. The fraction of sp³-hybridized carbons (Fsp3) is 0.118. The van der Waals surface area contributed by atoms with E-state index in [0.717, 1.165) is 11.1 Å². The van der Waals surface area contributed by atoms with Crippen molar-refractivity contribution in [2.24, 2.45) is 0 Å². The van der Waals surface area contributed by atoms with Crippen molar-refractivity contribution < 1.29 is 8.91 Å². The normalized spacial score (nSPS) is 10.8. The maximum Gasteiger partial charge on any atom is 0.177 e. The van der Waals surface area contributed by atoms with Gasteiger partial charge in [0, 0.05) is 5.56 Å². The van der Waals surface area contributed by atoms with Crippen LogP contribution in [0.15, 0.2) is 47.0 Å². The van der Waals surface area contributed by atoms with Crippen molar-refractivity contribution in [2.45, 2.75) is 13.8 Å². The van der Waals surface area contributed by atoms with Crippen LogP contribution in [0.3, 0.4) is 0 Å². The molecule has 0 unspecified atom stereocenters. The van der Waals surface area contributed by atoms with Crippen LogP contribution < -0.4 is 5.73 Å². The van der Waals surface area contributed by atoms with E-state index >= 15 is 0 Å². The minimum atomic E-state index is -0.280. The van der Waals surface area contributed by atoms with Gasteiger partial charge in [0.2, 0.25) is 0 Å². The van der Waals surface area contributed by atoms with E-state index in [1.54, 1.807) is 19.1 Å². The number of nitrogens with zero attached hydrogens (tertiary/aromatic N) is 1. The third-order valence-corrected chi connectivity index (χ3v) is 3.46. The third kappa shape index (κ3) is 2.40. The highest BCUT2D eigenvalue weighted by atomic mass is 19.1. The average Bonchev–Trinajstić information content (AvgIpc) is 2.84. The van der Waals surface area contributed by atoms with Crippen molar-refractivity contribution >= 4 is 5.82 Å². The molecule has 0 aliphatic heterocycles. The van der Waals surface area contributed by atoms with Crippen molar-refractivity contribution in [3.05, 3.63) is 59.4 Å². The number of nitrogens with two attached hydrogens (primary N) is 1. The monoisotopic (exact) mass is 282 g/mol. The molecule has 3 nitrogen and oxygen atoms in total. The molecule has 0 aliphatic carbocycles. The smallest absolute Gasteiger partial charge is 0.177 e. The van der Waals surface area contributed by atoms with Crippen LogP contribution in [0.5, 0.6) is 0 Å². The summed E-state index contributed by atoms with van der Waals surface area (Å²) in [5.74, 6) is 0.506. The van der Waals surface area contributed by atoms with Gasteiger partial charge in [-0.25, -0.2) is 4.39 Å². The van der Waals surface area contributed by atoms with E-state index in [0.29, 0.717) is 28.3 Å². The number of benzene rings is 2. The van der Waals surface area contributed by atoms with Crippen LogP contribution in [-0.2, 0) is 0 Å². The highest BCUT2D eigenvalue weighted by Gasteiger charge is 2.18. The first-order valence-electron chi connectivity index (χ1n) is 6.65. The van der Waals surface area contributed by atoms with E-state index in [9.17, 15) is 4.39 Å². The molecule has 0 fully saturated rings. The van der Waals surface area contributed by atoms with Crippen LogP contribution in [0.1, 0.15) is 11.1 Å². The Kier molecular flexibility index (Phi) is 3.22. The number of aromatic nitrogens is 1. The van der Waals surface area contributed by atoms with Gasteiger partial charge in [-0.05, 0) is 31.0 Å². The lowest BCUT2D eigenvalue weighted by Crippen LogP contribution is -1.90. The van der Waals surface area contributed by atoms with Gasteiger partial charge in [-0.15, -0.1) is 0 Å². The van der Waals surface area contributed by atoms with E-state index in [1.807, 2.05) is 31.2 Å². The summed E-state index contributed by atoms with van der Waals surface area (Å²) in [6.07, 6.45) is 0. The van der Waals surface area contributed by atoms with E-state index in [-0.39, 0.29) is 5.82 Å². The third-order valence-electron chi connectivity index (χ3n) is 3.46. The summed E-state index contributed by atoms with van der Waals surface area (Å²) in [6, 6.07) is 12.8. The first-order chi connectivity index (χ1) is 10.1. The first kappa shape index (κ1) is 13.4.